The molecule has 3 rings (SSSR count). The second kappa shape index (κ2) is 12.3. The molecule has 2 aliphatic heterocycles. The lowest BCUT2D eigenvalue weighted by Crippen LogP contribution is -2.56. The average molecular weight is 475 g/mol. The molecule has 34 heavy (non-hydrogen) atoms. The zero-order valence-corrected chi connectivity index (χ0v) is 19.9. The zero-order valence-electron chi connectivity index (χ0n) is 19.9. The summed E-state index contributed by atoms with van der Waals surface area (Å²) in [4.78, 5) is 62.5. The van der Waals surface area contributed by atoms with Gasteiger partial charge in [-0.2, -0.15) is 0 Å². The molecule has 186 valence electrons. The molecule has 0 fully saturated rings. The lowest BCUT2D eigenvalue weighted by molar-refractivity contribution is -0.139. The monoisotopic (exact) mass is 474 g/mol. The number of hydrogen-bond donors (Lipinski definition) is 4. The van der Waals surface area contributed by atoms with Crippen LogP contribution >= 0.6 is 0 Å². The fourth-order valence-electron chi connectivity index (χ4n) is 4.29. The lowest BCUT2D eigenvalue weighted by atomic mass is 10.0. The van der Waals surface area contributed by atoms with E-state index >= 15 is 0 Å². The standard InChI is InChI=1S/C23H29N3O6.CH5N/c1-3-13(2)9-19(28)25-17-8-7-14-5-4-6-15-10-18(26(21(14)15)23(17)32)22(31)24-16(12-27)11-20(29)30;1-2/h4-6,12-13,16-18H,3,7-11H2,1-2H3,(H,24,31)(H,25,28)(H,29,30);2H2,1H3. The number of aryl methyl sites for hydroxylation is 1. The van der Waals surface area contributed by atoms with Gasteiger partial charge in [0, 0.05) is 12.8 Å². The summed E-state index contributed by atoms with van der Waals surface area (Å²) in [6, 6.07) is 2.76. The van der Waals surface area contributed by atoms with E-state index in [2.05, 4.69) is 16.4 Å². The third kappa shape index (κ3) is 6.19. The highest BCUT2D eigenvalue weighted by molar-refractivity contribution is 6.08. The fraction of sp³-hybridized carbons (Fsp3) is 0.542. The molecule has 1 aromatic rings. The van der Waals surface area contributed by atoms with Crippen molar-refractivity contribution in [3.05, 3.63) is 29.3 Å². The van der Waals surface area contributed by atoms with E-state index in [-0.39, 0.29) is 24.2 Å². The van der Waals surface area contributed by atoms with Crippen molar-refractivity contribution in [3.8, 4) is 0 Å². The van der Waals surface area contributed by atoms with Crippen molar-refractivity contribution < 1.29 is 29.1 Å². The average Bonchev–Trinajstić information content (AvgIpc) is 3.15. The van der Waals surface area contributed by atoms with Crippen molar-refractivity contribution in [1.82, 2.24) is 10.6 Å². The number of carbonyl (C=O) groups excluding carboxylic acids is 4. The van der Waals surface area contributed by atoms with E-state index in [9.17, 15) is 24.0 Å². The lowest BCUT2D eigenvalue weighted by Gasteiger charge is -2.28. The van der Waals surface area contributed by atoms with Gasteiger partial charge < -0.3 is 26.3 Å². The van der Waals surface area contributed by atoms with Crippen LogP contribution < -0.4 is 21.3 Å². The number of carboxylic acids is 1. The molecule has 1 aromatic carbocycles. The molecule has 2 aliphatic rings. The van der Waals surface area contributed by atoms with E-state index in [1.165, 1.54) is 11.9 Å². The van der Waals surface area contributed by atoms with Gasteiger partial charge in [-0.25, -0.2) is 0 Å². The summed E-state index contributed by atoms with van der Waals surface area (Å²) in [5, 5.41) is 14.2. The van der Waals surface area contributed by atoms with Crippen LogP contribution in [0.4, 0.5) is 5.69 Å². The summed E-state index contributed by atoms with van der Waals surface area (Å²) < 4.78 is 0. The van der Waals surface area contributed by atoms with Crippen molar-refractivity contribution >= 4 is 35.7 Å². The Morgan fingerprint density at radius 1 is 1.24 bits per heavy atom. The van der Waals surface area contributed by atoms with Gasteiger partial charge in [-0.05, 0) is 36.9 Å². The Morgan fingerprint density at radius 3 is 2.53 bits per heavy atom. The quantitative estimate of drug-likeness (QED) is 0.380. The van der Waals surface area contributed by atoms with Crippen LogP contribution in [0.15, 0.2) is 18.2 Å². The van der Waals surface area contributed by atoms with Crippen LogP contribution in [0.2, 0.25) is 0 Å². The number of carboxylic acid groups (broad SMARTS) is 1. The maximum atomic E-state index is 13.5. The highest BCUT2D eigenvalue weighted by Crippen LogP contribution is 2.39. The first-order chi connectivity index (χ1) is 16.2. The molecule has 0 saturated carbocycles. The number of amides is 3. The molecule has 0 bridgehead atoms. The molecule has 5 N–H and O–H groups in total. The normalized spacial score (nSPS) is 20.1. The second-order valence-electron chi connectivity index (χ2n) is 8.58. The van der Waals surface area contributed by atoms with Gasteiger partial charge >= 0.3 is 5.97 Å². The minimum absolute atomic E-state index is 0.194. The molecule has 0 aliphatic carbocycles. The first kappa shape index (κ1) is 27.0. The van der Waals surface area contributed by atoms with Crippen LogP contribution in [0, 0.1) is 5.92 Å². The number of hydrogen-bond acceptors (Lipinski definition) is 6. The van der Waals surface area contributed by atoms with Crippen molar-refractivity contribution in [1.29, 1.82) is 0 Å². The molecule has 0 spiro atoms. The molecule has 3 amide bonds. The Labute approximate surface area is 199 Å². The highest BCUT2D eigenvalue weighted by atomic mass is 16.4. The maximum Gasteiger partial charge on any atom is 0.305 e. The van der Waals surface area contributed by atoms with Crippen LogP contribution in [0.1, 0.15) is 50.7 Å². The third-order valence-corrected chi connectivity index (χ3v) is 6.16. The summed E-state index contributed by atoms with van der Waals surface area (Å²) in [5.74, 6) is -2.18. The van der Waals surface area contributed by atoms with Gasteiger partial charge in [0.2, 0.25) is 17.7 Å². The first-order valence-electron chi connectivity index (χ1n) is 11.5. The van der Waals surface area contributed by atoms with Gasteiger partial charge in [0.15, 0.2) is 0 Å². The molecular formula is C24H34N4O6. The van der Waals surface area contributed by atoms with Crippen LogP contribution in [0.3, 0.4) is 0 Å². The SMILES string of the molecule is CCC(C)CC(=O)NC1CCc2cccc3c2N(C1=O)C(C(=O)NC(C=O)CC(=O)O)C3.CN. The van der Waals surface area contributed by atoms with Gasteiger partial charge in [-0.3, -0.25) is 24.1 Å². The predicted octanol–water partition coefficient (Wildman–Crippen LogP) is 0.545. The molecule has 10 nitrogen and oxygen atoms in total. The Kier molecular flexibility index (Phi) is 9.73. The van der Waals surface area contributed by atoms with Crippen molar-refractivity contribution in [3.63, 3.8) is 0 Å². The van der Waals surface area contributed by atoms with E-state index in [4.69, 9.17) is 5.11 Å². The molecule has 2 heterocycles. The molecule has 0 saturated heterocycles. The van der Waals surface area contributed by atoms with Crippen molar-refractivity contribution in [2.75, 3.05) is 11.9 Å². The van der Waals surface area contributed by atoms with E-state index in [0.29, 0.717) is 31.2 Å². The smallest absolute Gasteiger partial charge is 0.305 e. The van der Waals surface area contributed by atoms with Gasteiger partial charge in [-0.1, -0.05) is 38.5 Å². The number of nitrogens with two attached hydrogens (primary N) is 1. The van der Waals surface area contributed by atoms with Crippen LogP contribution in [0.25, 0.3) is 0 Å². The van der Waals surface area contributed by atoms with Gasteiger partial charge in [-0.15, -0.1) is 0 Å². The summed E-state index contributed by atoms with van der Waals surface area (Å²) >= 11 is 0. The van der Waals surface area contributed by atoms with E-state index in [1.54, 1.807) is 0 Å². The number of carbonyl (C=O) groups is 5. The summed E-state index contributed by atoms with van der Waals surface area (Å²) in [7, 11) is 1.50. The van der Waals surface area contributed by atoms with Crippen LogP contribution in [0.5, 0.6) is 0 Å². The molecular weight excluding hydrogens is 440 g/mol. The number of anilines is 1. The number of aliphatic carboxylic acids is 1. The van der Waals surface area contributed by atoms with Crippen LogP contribution in [-0.2, 0) is 36.8 Å². The van der Waals surface area contributed by atoms with Gasteiger partial charge in [0.1, 0.15) is 18.4 Å². The number of nitrogens with zero attached hydrogens (tertiary/aromatic N) is 1. The topological polar surface area (TPSA) is 159 Å². The number of aldehydes is 1. The minimum atomic E-state index is -1.21. The highest BCUT2D eigenvalue weighted by Gasteiger charge is 2.44. The molecule has 0 radical (unpaired) electrons. The van der Waals surface area contributed by atoms with Crippen molar-refractivity contribution in [2.24, 2.45) is 11.7 Å². The molecule has 0 aromatic heterocycles. The number of para-hydroxylation sites is 1. The van der Waals surface area contributed by atoms with E-state index < -0.39 is 36.4 Å². The fourth-order valence-corrected chi connectivity index (χ4v) is 4.29. The maximum absolute atomic E-state index is 13.5. The molecule has 10 heteroatoms. The third-order valence-electron chi connectivity index (χ3n) is 6.16. The van der Waals surface area contributed by atoms with E-state index in [0.717, 1.165) is 17.5 Å². The van der Waals surface area contributed by atoms with E-state index in [1.807, 2.05) is 32.0 Å². The Balaban J connectivity index is 0.00000199. The number of benzene rings is 1. The van der Waals surface area contributed by atoms with Crippen molar-refractivity contribution in [2.45, 2.75) is 70.5 Å². The minimum Gasteiger partial charge on any atom is -0.481 e. The molecule has 4 atom stereocenters. The van der Waals surface area contributed by atoms with Gasteiger partial charge in [0.25, 0.3) is 0 Å². The number of nitrogens with one attached hydrogen (secondary N) is 2. The largest absolute Gasteiger partial charge is 0.481 e. The Bertz CT molecular complexity index is 934. The van der Waals surface area contributed by atoms with Gasteiger partial charge in [0.05, 0.1) is 18.2 Å². The zero-order chi connectivity index (χ0) is 25.4. The predicted molar refractivity (Wildman–Crippen MR) is 126 cm³/mol. The summed E-state index contributed by atoms with van der Waals surface area (Å²) in [6.45, 7) is 3.97. The number of rotatable bonds is 9. The second-order valence-corrected chi connectivity index (χ2v) is 8.58. The summed E-state index contributed by atoms with van der Waals surface area (Å²) in [5.41, 5.74) is 6.93. The Morgan fingerprint density at radius 2 is 1.91 bits per heavy atom. The summed E-state index contributed by atoms with van der Waals surface area (Å²) in [6.07, 6.45) is 2.26. The Hall–Kier alpha value is -3.27. The first-order valence-corrected chi connectivity index (χ1v) is 11.5. The van der Waals surface area contributed by atoms with Crippen LogP contribution in [-0.4, -0.2) is 60.3 Å². The molecule has 4 unspecified atom stereocenters.